The average Bonchev–Trinajstić information content (AvgIpc) is 2.70. The van der Waals surface area contributed by atoms with E-state index < -0.39 is 0 Å². The molecule has 0 bridgehead atoms. The Morgan fingerprint density at radius 3 is 3.00 bits per heavy atom. The maximum atomic E-state index is 11.8. The molecule has 1 aromatic rings. The third-order valence-corrected chi connectivity index (χ3v) is 2.40. The number of aromatic amines is 1. The van der Waals surface area contributed by atoms with Crippen LogP contribution in [-0.2, 0) is 11.3 Å². The fraction of sp³-hybridized carbons (Fsp3) is 0.636. The van der Waals surface area contributed by atoms with Crippen LogP contribution in [0.1, 0.15) is 26.1 Å². The van der Waals surface area contributed by atoms with Gasteiger partial charge in [-0.1, -0.05) is 6.92 Å². The zero-order valence-corrected chi connectivity index (χ0v) is 10.2. The largest absolute Gasteiger partial charge is 0.347 e. The van der Waals surface area contributed by atoms with E-state index in [4.69, 9.17) is 0 Å². The van der Waals surface area contributed by atoms with Gasteiger partial charge in [0.25, 0.3) is 0 Å². The highest BCUT2D eigenvalue weighted by Gasteiger charge is 2.13. The van der Waals surface area contributed by atoms with Crippen LogP contribution in [0.3, 0.4) is 0 Å². The first-order valence-corrected chi connectivity index (χ1v) is 5.59. The zero-order chi connectivity index (χ0) is 12.0. The molecule has 5 heteroatoms. The molecule has 1 rings (SSSR count). The Bertz CT molecular complexity index is 310. The Kier molecular flexibility index (Phi) is 4.98. The van der Waals surface area contributed by atoms with E-state index >= 15 is 0 Å². The molecule has 16 heavy (non-hydrogen) atoms. The number of carbonyl (C=O) groups excluding carboxylic acids is 1. The summed E-state index contributed by atoms with van der Waals surface area (Å²) in [4.78, 5) is 20.6. The van der Waals surface area contributed by atoms with Crippen molar-refractivity contribution in [2.75, 3.05) is 13.6 Å². The minimum Gasteiger partial charge on any atom is -0.347 e. The van der Waals surface area contributed by atoms with Crippen LogP contribution in [0.5, 0.6) is 0 Å². The molecule has 0 spiro atoms. The van der Waals surface area contributed by atoms with Crippen LogP contribution in [0.2, 0.25) is 0 Å². The molecule has 1 amide bonds. The topological polar surface area (TPSA) is 61.0 Å². The van der Waals surface area contributed by atoms with E-state index in [0.717, 1.165) is 12.4 Å². The number of nitrogens with one attached hydrogen (secondary N) is 2. The maximum Gasteiger partial charge on any atom is 0.224 e. The number of hydrogen-bond donors (Lipinski definition) is 2. The summed E-state index contributed by atoms with van der Waals surface area (Å²) in [6.45, 7) is 5.47. The number of carbonyl (C=O) groups is 1. The fourth-order valence-corrected chi connectivity index (χ4v) is 1.54. The van der Waals surface area contributed by atoms with Gasteiger partial charge in [-0.3, -0.25) is 4.79 Å². The van der Waals surface area contributed by atoms with Crippen molar-refractivity contribution in [3.05, 3.63) is 18.2 Å². The van der Waals surface area contributed by atoms with Crippen molar-refractivity contribution in [2.45, 2.75) is 32.9 Å². The lowest BCUT2D eigenvalue weighted by Crippen LogP contribution is -2.34. The summed E-state index contributed by atoms with van der Waals surface area (Å²) in [5.41, 5.74) is 0. The molecule has 0 aliphatic carbocycles. The number of hydrogen-bond acceptors (Lipinski definition) is 3. The second kappa shape index (κ2) is 6.27. The predicted octanol–water partition coefficient (Wildman–Crippen LogP) is 0.756. The summed E-state index contributed by atoms with van der Waals surface area (Å²) in [5.74, 6) is 0.941. The van der Waals surface area contributed by atoms with Gasteiger partial charge in [-0.05, 0) is 13.5 Å². The summed E-state index contributed by atoms with van der Waals surface area (Å²) in [5, 5.41) is 3.22. The van der Waals surface area contributed by atoms with Crippen molar-refractivity contribution in [3.63, 3.8) is 0 Å². The first-order valence-electron chi connectivity index (χ1n) is 5.59. The second-order valence-electron chi connectivity index (χ2n) is 3.95. The number of H-pyrrole nitrogens is 1. The Morgan fingerprint density at radius 1 is 1.69 bits per heavy atom. The molecule has 5 nitrogen and oxygen atoms in total. The molecular weight excluding hydrogens is 204 g/mol. The molecular formula is C11H20N4O. The van der Waals surface area contributed by atoms with Gasteiger partial charge in [0, 0.05) is 31.9 Å². The average molecular weight is 224 g/mol. The summed E-state index contributed by atoms with van der Waals surface area (Å²) in [7, 11) is 1.80. The smallest absolute Gasteiger partial charge is 0.224 e. The van der Waals surface area contributed by atoms with E-state index in [1.165, 1.54) is 0 Å². The van der Waals surface area contributed by atoms with Crippen LogP contribution in [0.25, 0.3) is 0 Å². The van der Waals surface area contributed by atoms with Gasteiger partial charge in [0.1, 0.15) is 5.82 Å². The van der Waals surface area contributed by atoms with Crippen LogP contribution in [-0.4, -0.2) is 40.4 Å². The van der Waals surface area contributed by atoms with Crippen LogP contribution < -0.4 is 5.32 Å². The minimum atomic E-state index is 0.129. The highest BCUT2D eigenvalue weighted by Crippen LogP contribution is 2.01. The molecule has 0 fully saturated rings. The van der Waals surface area contributed by atoms with Gasteiger partial charge in [-0.2, -0.15) is 0 Å². The van der Waals surface area contributed by atoms with Crippen molar-refractivity contribution in [1.82, 2.24) is 20.2 Å². The maximum absolute atomic E-state index is 11.8. The third kappa shape index (κ3) is 4.02. The van der Waals surface area contributed by atoms with Crippen LogP contribution >= 0.6 is 0 Å². The number of rotatable bonds is 6. The highest BCUT2D eigenvalue weighted by molar-refractivity contribution is 5.76. The SMILES string of the molecule is CCNC(C)CC(=O)N(C)Cc1ncc[nH]1. The van der Waals surface area contributed by atoms with E-state index in [9.17, 15) is 4.79 Å². The molecule has 0 radical (unpaired) electrons. The van der Waals surface area contributed by atoms with Crippen LogP contribution in [0, 0.1) is 0 Å². The standard InChI is InChI=1S/C11H20N4O/c1-4-12-9(2)7-11(16)15(3)8-10-13-5-6-14-10/h5-6,9,12H,4,7-8H2,1-3H3,(H,13,14). The third-order valence-electron chi connectivity index (χ3n) is 2.40. The molecule has 1 heterocycles. The van der Waals surface area contributed by atoms with Gasteiger partial charge in [-0.25, -0.2) is 4.98 Å². The number of aromatic nitrogens is 2. The lowest BCUT2D eigenvalue weighted by molar-refractivity contribution is -0.130. The molecule has 90 valence electrons. The molecule has 1 aromatic heterocycles. The van der Waals surface area contributed by atoms with Gasteiger partial charge in [-0.15, -0.1) is 0 Å². The van der Waals surface area contributed by atoms with Crippen molar-refractivity contribution in [3.8, 4) is 0 Å². The zero-order valence-electron chi connectivity index (χ0n) is 10.2. The Morgan fingerprint density at radius 2 is 2.44 bits per heavy atom. The summed E-state index contributed by atoms with van der Waals surface area (Å²) in [6, 6.07) is 0.219. The van der Waals surface area contributed by atoms with Gasteiger partial charge in [0.2, 0.25) is 5.91 Å². The molecule has 0 saturated carbocycles. The molecule has 1 atom stereocenters. The molecule has 0 aliphatic heterocycles. The van der Waals surface area contributed by atoms with E-state index in [1.54, 1.807) is 24.3 Å². The van der Waals surface area contributed by atoms with E-state index in [0.29, 0.717) is 13.0 Å². The van der Waals surface area contributed by atoms with Crippen molar-refractivity contribution in [2.24, 2.45) is 0 Å². The van der Waals surface area contributed by atoms with Crippen molar-refractivity contribution < 1.29 is 4.79 Å². The van der Waals surface area contributed by atoms with E-state index in [-0.39, 0.29) is 11.9 Å². The summed E-state index contributed by atoms with van der Waals surface area (Å²) >= 11 is 0. The van der Waals surface area contributed by atoms with Gasteiger partial charge in [0.15, 0.2) is 0 Å². The van der Waals surface area contributed by atoms with Gasteiger partial charge < -0.3 is 15.2 Å². The van der Waals surface area contributed by atoms with Crippen LogP contribution in [0.4, 0.5) is 0 Å². The Labute approximate surface area is 96.3 Å². The molecule has 0 aromatic carbocycles. The molecule has 1 unspecified atom stereocenters. The quantitative estimate of drug-likeness (QED) is 0.750. The normalized spacial score (nSPS) is 12.4. The number of imidazole rings is 1. The Hall–Kier alpha value is -1.36. The second-order valence-corrected chi connectivity index (χ2v) is 3.95. The Balaban J connectivity index is 2.36. The minimum absolute atomic E-state index is 0.129. The van der Waals surface area contributed by atoms with E-state index in [1.807, 2.05) is 13.8 Å². The van der Waals surface area contributed by atoms with Crippen LogP contribution in [0.15, 0.2) is 12.4 Å². The lowest BCUT2D eigenvalue weighted by atomic mass is 10.2. The number of amides is 1. The van der Waals surface area contributed by atoms with Crippen molar-refractivity contribution in [1.29, 1.82) is 0 Å². The first-order chi connectivity index (χ1) is 7.63. The summed E-state index contributed by atoms with van der Waals surface area (Å²) in [6.07, 6.45) is 3.97. The monoisotopic (exact) mass is 224 g/mol. The summed E-state index contributed by atoms with van der Waals surface area (Å²) < 4.78 is 0. The van der Waals surface area contributed by atoms with E-state index in [2.05, 4.69) is 15.3 Å². The highest BCUT2D eigenvalue weighted by atomic mass is 16.2. The van der Waals surface area contributed by atoms with Crippen molar-refractivity contribution >= 4 is 5.91 Å². The first kappa shape index (κ1) is 12.7. The fourth-order valence-electron chi connectivity index (χ4n) is 1.54. The van der Waals surface area contributed by atoms with Gasteiger partial charge >= 0.3 is 0 Å². The molecule has 0 aliphatic rings. The lowest BCUT2D eigenvalue weighted by Gasteiger charge is -2.18. The molecule has 0 saturated heterocycles. The number of nitrogens with zero attached hydrogens (tertiary/aromatic N) is 2. The predicted molar refractivity (Wildman–Crippen MR) is 62.8 cm³/mol. The van der Waals surface area contributed by atoms with Gasteiger partial charge in [0.05, 0.1) is 6.54 Å². The molecule has 2 N–H and O–H groups in total.